The molecule has 0 fully saturated rings. The van der Waals surface area contributed by atoms with Crippen molar-refractivity contribution in [2.75, 3.05) is 11.9 Å². The summed E-state index contributed by atoms with van der Waals surface area (Å²) in [5.74, 6) is 0.393. The highest BCUT2D eigenvalue weighted by atomic mass is 16.6. The monoisotopic (exact) mass is 322 g/mol. The van der Waals surface area contributed by atoms with Gasteiger partial charge in [0.2, 0.25) is 5.91 Å². The molecule has 6 nitrogen and oxygen atoms in total. The zero-order valence-electron chi connectivity index (χ0n) is 14.6. The predicted molar refractivity (Wildman–Crippen MR) is 89.7 cm³/mol. The number of ether oxygens (including phenoxy) is 2. The quantitative estimate of drug-likeness (QED) is 0.872. The fourth-order valence-electron chi connectivity index (χ4n) is 1.70. The zero-order valence-corrected chi connectivity index (χ0v) is 14.6. The molecule has 0 atom stereocenters. The van der Waals surface area contributed by atoms with Crippen molar-refractivity contribution in [1.29, 1.82) is 0 Å². The van der Waals surface area contributed by atoms with Crippen molar-refractivity contribution in [3.8, 4) is 5.75 Å². The number of hydrogen-bond donors (Lipinski definition) is 2. The Kier molecular flexibility index (Phi) is 6.01. The van der Waals surface area contributed by atoms with Gasteiger partial charge < -0.3 is 20.1 Å². The van der Waals surface area contributed by atoms with Crippen LogP contribution in [0.15, 0.2) is 24.3 Å². The van der Waals surface area contributed by atoms with Crippen molar-refractivity contribution in [2.24, 2.45) is 0 Å². The predicted octanol–water partition coefficient (Wildman–Crippen LogP) is 3.33. The van der Waals surface area contributed by atoms with E-state index in [1.54, 1.807) is 58.9 Å². The first-order valence-corrected chi connectivity index (χ1v) is 7.59. The molecule has 0 saturated heterocycles. The third kappa shape index (κ3) is 6.59. The van der Waals surface area contributed by atoms with Gasteiger partial charge in [-0.2, -0.15) is 0 Å². The fourth-order valence-corrected chi connectivity index (χ4v) is 1.70. The van der Waals surface area contributed by atoms with E-state index >= 15 is 0 Å². The number of carbonyl (C=O) groups excluding carboxylic acids is 2. The Balaban J connectivity index is 2.65. The lowest BCUT2D eigenvalue weighted by atomic mass is 10.0. The molecule has 128 valence electrons. The molecule has 6 heteroatoms. The molecule has 1 rings (SSSR count). The summed E-state index contributed by atoms with van der Waals surface area (Å²) in [6.45, 7) is 11.0. The molecule has 0 bridgehead atoms. The Morgan fingerprint density at radius 2 is 1.61 bits per heavy atom. The van der Waals surface area contributed by atoms with Crippen LogP contribution in [0, 0.1) is 0 Å². The average molecular weight is 322 g/mol. The normalized spacial score (nSPS) is 11.6. The lowest BCUT2D eigenvalue weighted by molar-refractivity contribution is -0.121. The van der Waals surface area contributed by atoms with Gasteiger partial charge in [-0.05, 0) is 65.8 Å². The number of amides is 2. The van der Waals surface area contributed by atoms with Crippen LogP contribution in [0.2, 0.25) is 0 Å². The van der Waals surface area contributed by atoms with Crippen molar-refractivity contribution < 1.29 is 19.1 Å². The Morgan fingerprint density at radius 1 is 1.04 bits per heavy atom. The molecule has 0 radical (unpaired) electrons. The first-order chi connectivity index (χ1) is 10.5. The maximum Gasteiger partial charge on any atom is 0.408 e. The molecular formula is C17H26N2O4. The van der Waals surface area contributed by atoms with E-state index in [9.17, 15) is 9.59 Å². The van der Waals surface area contributed by atoms with Gasteiger partial charge in [-0.25, -0.2) is 4.79 Å². The summed E-state index contributed by atoms with van der Waals surface area (Å²) in [5, 5.41) is 5.32. The van der Waals surface area contributed by atoms with Gasteiger partial charge in [-0.3, -0.25) is 4.79 Å². The van der Waals surface area contributed by atoms with Gasteiger partial charge in [0.15, 0.2) is 0 Å². The highest BCUT2D eigenvalue weighted by Gasteiger charge is 2.31. The minimum atomic E-state index is -1.11. The van der Waals surface area contributed by atoms with E-state index in [1.165, 1.54) is 0 Å². The first kappa shape index (κ1) is 18.8. The minimum Gasteiger partial charge on any atom is -0.494 e. The van der Waals surface area contributed by atoms with Gasteiger partial charge in [0, 0.05) is 5.69 Å². The van der Waals surface area contributed by atoms with E-state index in [2.05, 4.69) is 10.6 Å². The van der Waals surface area contributed by atoms with Crippen molar-refractivity contribution in [1.82, 2.24) is 5.32 Å². The number of benzene rings is 1. The van der Waals surface area contributed by atoms with Crippen LogP contribution in [0.3, 0.4) is 0 Å². The molecule has 2 amide bonds. The number of rotatable bonds is 5. The Morgan fingerprint density at radius 3 is 2.09 bits per heavy atom. The third-order valence-corrected chi connectivity index (χ3v) is 2.80. The van der Waals surface area contributed by atoms with Gasteiger partial charge in [0.1, 0.15) is 16.9 Å². The number of anilines is 1. The van der Waals surface area contributed by atoms with E-state index in [1.807, 2.05) is 6.92 Å². The minimum absolute atomic E-state index is 0.340. The molecule has 2 N–H and O–H groups in total. The maximum absolute atomic E-state index is 12.3. The molecule has 0 aromatic heterocycles. The molecule has 0 spiro atoms. The summed E-state index contributed by atoms with van der Waals surface area (Å²) >= 11 is 0. The number of alkyl carbamates (subject to hydrolysis) is 1. The van der Waals surface area contributed by atoms with Crippen LogP contribution in [0.4, 0.5) is 10.5 Å². The number of nitrogens with one attached hydrogen (secondary N) is 2. The molecule has 0 aliphatic heterocycles. The SMILES string of the molecule is CCOc1ccc(NC(=O)C(C)(C)NC(=O)OC(C)(C)C)cc1. The van der Waals surface area contributed by atoms with E-state index in [0.717, 1.165) is 5.75 Å². The van der Waals surface area contributed by atoms with Gasteiger partial charge in [-0.15, -0.1) is 0 Å². The smallest absolute Gasteiger partial charge is 0.408 e. The molecule has 1 aromatic carbocycles. The maximum atomic E-state index is 12.3. The molecule has 0 aliphatic carbocycles. The van der Waals surface area contributed by atoms with Crippen molar-refractivity contribution in [2.45, 2.75) is 52.7 Å². The summed E-state index contributed by atoms with van der Waals surface area (Å²) in [5.41, 5.74) is -1.11. The molecule has 23 heavy (non-hydrogen) atoms. The van der Waals surface area contributed by atoms with Crippen molar-refractivity contribution in [3.05, 3.63) is 24.3 Å². The number of hydrogen-bond acceptors (Lipinski definition) is 4. The van der Waals surface area contributed by atoms with Crippen LogP contribution in [0.25, 0.3) is 0 Å². The second-order valence-corrected chi connectivity index (χ2v) is 6.66. The number of carbonyl (C=O) groups is 2. The van der Waals surface area contributed by atoms with Crippen LogP contribution < -0.4 is 15.4 Å². The summed E-state index contributed by atoms with van der Waals surface area (Å²) in [4.78, 5) is 24.2. The highest BCUT2D eigenvalue weighted by Crippen LogP contribution is 2.17. The summed E-state index contributed by atoms with van der Waals surface area (Å²) in [6.07, 6.45) is -0.635. The van der Waals surface area contributed by atoms with E-state index in [0.29, 0.717) is 12.3 Å². The van der Waals surface area contributed by atoms with Crippen molar-refractivity contribution in [3.63, 3.8) is 0 Å². The van der Waals surface area contributed by atoms with Gasteiger partial charge in [0.25, 0.3) is 0 Å². The summed E-state index contributed by atoms with van der Waals surface area (Å²) in [6, 6.07) is 7.03. The highest BCUT2D eigenvalue weighted by molar-refractivity contribution is 5.99. The van der Waals surface area contributed by atoms with Gasteiger partial charge in [0.05, 0.1) is 6.61 Å². The molecule has 0 aliphatic rings. The summed E-state index contributed by atoms with van der Waals surface area (Å²) in [7, 11) is 0. The lowest BCUT2D eigenvalue weighted by Crippen LogP contribution is -2.53. The van der Waals surface area contributed by atoms with E-state index in [-0.39, 0.29) is 5.91 Å². The lowest BCUT2D eigenvalue weighted by Gasteiger charge is -2.27. The van der Waals surface area contributed by atoms with Crippen LogP contribution >= 0.6 is 0 Å². The van der Waals surface area contributed by atoms with Gasteiger partial charge in [-0.1, -0.05) is 0 Å². The van der Waals surface area contributed by atoms with Crippen LogP contribution in [-0.4, -0.2) is 29.7 Å². The summed E-state index contributed by atoms with van der Waals surface area (Å²) < 4.78 is 10.5. The zero-order chi connectivity index (χ0) is 17.7. The largest absolute Gasteiger partial charge is 0.494 e. The Bertz CT molecular complexity index is 545. The average Bonchev–Trinajstić information content (AvgIpc) is 2.38. The first-order valence-electron chi connectivity index (χ1n) is 7.59. The van der Waals surface area contributed by atoms with Crippen LogP contribution in [0.1, 0.15) is 41.5 Å². The topological polar surface area (TPSA) is 76.7 Å². The Labute approximate surface area is 137 Å². The molecule has 0 heterocycles. The van der Waals surface area contributed by atoms with Gasteiger partial charge >= 0.3 is 6.09 Å². The standard InChI is InChI=1S/C17H26N2O4/c1-7-22-13-10-8-12(9-11-13)18-14(20)17(5,6)19-15(21)23-16(2,3)4/h8-11H,7H2,1-6H3,(H,18,20)(H,19,21). The van der Waals surface area contributed by atoms with Crippen molar-refractivity contribution >= 4 is 17.7 Å². The molecule has 1 aromatic rings. The second kappa shape index (κ2) is 7.35. The third-order valence-electron chi connectivity index (χ3n) is 2.80. The second-order valence-electron chi connectivity index (χ2n) is 6.66. The molecule has 0 saturated carbocycles. The fraction of sp³-hybridized carbons (Fsp3) is 0.529. The molecular weight excluding hydrogens is 296 g/mol. The molecule has 0 unspecified atom stereocenters. The van der Waals surface area contributed by atoms with E-state index in [4.69, 9.17) is 9.47 Å². The van der Waals surface area contributed by atoms with E-state index < -0.39 is 17.2 Å². The Hall–Kier alpha value is -2.24. The van der Waals surface area contributed by atoms with Crippen LogP contribution in [0.5, 0.6) is 5.75 Å². The van der Waals surface area contributed by atoms with Crippen LogP contribution in [-0.2, 0) is 9.53 Å².